The molecule has 0 saturated carbocycles. The average Bonchev–Trinajstić information content (AvgIpc) is 2.76. The van der Waals surface area contributed by atoms with Gasteiger partial charge in [-0.05, 0) is 37.8 Å². The van der Waals surface area contributed by atoms with Gasteiger partial charge in [-0.15, -0.1) is 0 Å². The molecule has 2 atom stereocenters. The minimum Gasteiger partial charge on any atom is -0.378 e. The highest BCUT2D eigenvalue weighted by atomic mass is 16.5. The van der Waals surface area contributed by atoms with E-state index in [2.05, 4.69) is 48.0 Å². The fourth-order valence-corrected chi connectivity index (χ4v) is 3.42. The van der Waals surface area contributed by atoms with Gasteiger partial charge in [-0.1, -0.05) is 25.1 Å². The lowest BCUT2D eigenvalue weighted by Crippen LogP contribution is -2.56. The number of aryl methyl sites for hydroxylation is 1. The van der Waals surface area contributed by atoms with E-state index >= 15 is 0 Å². The van der Waals surface area contributed by atoms with Crippen LogP contribution in [0, 0.1) is 6.92 Å². The highest BCUT2D eigenvalue weighted by Gasteiger charge is 2.46. The Balaban J connectivity index is 1.98. The number of aliphatic imine (C=N–C) groups is 1. The maximum Gasteiger partial charge on any atom is 0.196 e. The van der Waals surface area contributed by atoms with Crippen LogP contribution in [-0.2, 0) is 4.74 Å². The topological polar surface area (TPSA) is 50.9 Å². The summed E-state index contributed by atoms with van der Waals surface area (Å²) in [6.45, 7) is 5.89. The number of hydrogen-bond acceptors (Lipinski definition) is 4. The molecule has 108 valence electrons. The molecular weight excluding hydrogens is 250 g/mol. The van der Waals surface area contributed by atoms with Gasteiger partial charge in [0.25, 0.3) is 0 Å². The molecule has 1 aromatic rings. The van der Waals surface area contributed by atoms with Gasteiger partial charge in [-0.25, -0.2) is 0 Å². The molecule has 0 aliphatic carbocycles. The number of para-hydroxylation sites is 1. The lowest BCUT2D eigenvalue weighted by Gasteiger charge is -2.45. The fourth-order valence-electron chi connectivity index (χ4n) is 3.42. The maximum atomic E-state index is 6.21. The summed E-state index contributed by atoms with van der Waals surface area (Å²) in [6, 6.07) is 8.40. The van der Waals surface area contributed by atoms with Crippen molar-refractivity contribution in [2.24, 2.45) is 10.7 Å². The third kappa shape index (κ3) is 2.08. The second-order valence-electron chi connectivity index (χ2n) is 5.88. The van der Waals surface area contributed by atoms with E-state index in [1.54, 1.807) is 0 Å². The van der Waals surface area contributed by atoms with Crippen molar-refractivity contribution >= 4 is 11.6 Å². The molecule has 0 aromatic heterocycles. The van der Waals surface area contributed by atoms with Gasteiger partial charge in [0.05, 0.1) is 18.2 Å². The van der Waals surface area contributed by atoms with E-state index in [0.717, 1.165) is 32.4 Å². The summed E-state index contributed by atoms with van der Waals surface area (Å²) >= 11 is 0. The van der Waals surface area contributed by atoms with Crippen molar-refractivity contribution in [1.29, 1.82) is 0 Å². The molecule has 0 amide bonds. The number of hydrogen-bond donors (Lipinski definition) is 1. The first-order chi connectivity index (χ1) is 9.66. The van der Waals surface area contributed by atoms with Crippen LogP contribution in [0.3, 0.4) is 0 Å². The minimum absolute atomic E-state index is 0.00905. The molecule has 0 radical (unpaired) electrons. The van der Waals surface area contributed by atoms with E-state index in [9.17, 15) is 0 Å². The summed E-state index contributed by atoms with van der Waals surface area (Å²) in [5.41, 5.74) is 8.64. The van der Waals surface area contributed by atoms with Crippen molar-refractivity contribution in [3.8, 4) is 0 Å². The molecule has 1 spiro atoms. The Morgan fingerprint density at radius 1 is 1.45 bits per heavy atom. The zero-order valence-electron chi connectivity index (χ0n) is 12.3. The average molecular weight is 273 g/mol. The van der Waals surface area contributed by atoms with Crippen LogP contribution in [0.2, 0.25) is 0 Å². The Hall–Kier alpha value is -1.55. The number of guanidine groups is 1. The number of benzene rings is 1. The van der Waals surface area contributed by atoms with Gasteiger partial charge in [0, 0.05) is 12.3 Å². The highest BCUT2D eigenvalue weighted by Crippen LogP contribution is 2.39. The molecule has 4 nitrogen and oxygen atoms in total. The number of nitrogens with zero attached hydrogens (tertiary/aromatic N) is 2. The van der Waals surface area contributed by atoms with Crippen molar-refractivity contribution in [2.75, 3.05) is 18.1 Å². The molecule has 2 aliphatic heterocycles. The summed E-state index contributed by atoms with van der Waals surface area (Å²) in [6.07, 6.45) is 3.35. The zero-order valence-corrected chi connectivity index (χ0v) is 12.3. The van der Waals surface area contributed by atoms with Crippen molar-refractivity contribution in [3.05, 3.63) is 29.8 Å². The number of rotatable bonds is 2. The van der Waals surface area contributed by atoms with Crippen LogP contribution < -0.4 is 10.6 Å². The third-order valence-corrected chi connectivity index (χ3v) is 4.58. The van der Waals surface area contributed by atoms with Crippen molar-refractivity contribution in [3.63, 3.8) is 0 Å². The van der Waals surface area contributed by atoms with Gasteiger partial charge in [-0.2, -0.15) is 0 Å². The second-order valence-corrected chi connectivity index (χ2v) is 5.88. The fraction of sp³-hybridized carbons (Fsp3) is 0.562. The minimum atomic E-state index is 0.00905. The monoisotopic (exact) mass is 273 g/mol. The summed E-state index contributed by atoms with van der Waals surface area (Å²) in [5, 5.41) is 0. The lowest BCUT2D eigenvalue weighted by atomic mass is 9.84. The molecule has 2 unspecified atom stereocenters. The summed E-state index contributed by atoms with van der Waals surface area (Å²) in [5.74, 6) is 0.649. The molecule has 3 rings (SSSR count). The first-order valence-corrected chi connectivity index (χ1v) is 7.44. The summed E-state index contributed by atoms with van der Waals surface area (Å²) in [7, 11) is 0. The molecule has 0 bridgehead atoms. The van der Waals surface area contributed by atoms with Gasteiger partial charge < -0.3 is 15.4 Å². The Bertz CT molecular complexity index is 528. The Labute approximate surface area is 120 Å². The third-order valence-electron chi connectivity index (χ3n) is 4.58. The maximum absolute atomic E-state index is 6.21. The molecule has 1 aromatic carbocycles. The number of nitrogens with two attached hydrogens (primary N) is 1. The molecule has 2 N–H and O–H groups in total. The van der Waals surface area contributed by atoms with E-state index in [0.29, 0.717) is 12.1 Å². The largest absolute Gasteiger partial charge is 0.378 e. The van der Waals surface area contributed by atoms with E-state index in [1.807, 2.05) is 0 Å². The summed E-state index contributed by atoms with van der Waals surface area (Å²) < 4.78 is 5.85. The molecule has 20 heavy (non-hydrogen) atoms. The molecule has 1 fully saturated rings. The van der Waals surface area contributed by atoms with Gasteiger partial charge in [0.1, 0.15) is 0 Å². The zero-order chi connectivity index (χ0) is 14.2. The van der Waals surface area contributed by atoms with Gasteiger partial charge in [0.2, 0.25) is 0 Å². The van der Waals surface area contributed by atoms with E-state index in [4.69, 9.17) is 10.5 Å². The second kappa shape index (κ2) is 5.09. The Kier molecular flexibility index (Phi) is 3.42. The van der Waals surface area contributed by atoms with Crippen LogP contribution in [0.15, 0.2) is 29.3 Å². The number of anilines is 1. The van der Waals surface area contributed by atoms with E-state index < -0.39 is 0 Å². The highest BCUT2D eigenvalue weighted by molar-refractivity contribution is 5.99. The van der Waals surface area contributed by atoms with Crippen molar-refractivity contribution in [1.82, 2.24) is 0 Å². The van der Waals surface area contributed by atoms with Crippen LogP contribution >= 0.6 is 0 Å². The molecule has 2 aliphatic rings. The molecular formula is C16H23N3O. The SMILES string of the molecule is CCC1CC2(CCO1)CN=C(N)N2c1ccccc1C. The molecule has 4 heteroatoms. The van der Waals surface area contributed by atoms with Crippen LogP contribution in [0.1, 0.15) is 31.7 Å². The smallest absolute Gasteiger partial charge is 0.196 e. The van der Waals surface area contributed by atoms with Gasteiger partial charge in [-0.3, -0.25) is 4.99 Å². The van der Waals surface area contributed by atoms with E-state index in [1.165, 1.54) is 11.3 Å². The molecule has 2 heterocycles. The normalized spacial score (nSPS) is 29.8. The Morgan fingerprint density at radius 3 is 3.00 bits per heavy atom. The van der Waals surface area contributed by atoms with Crippen LogP contribution in [0.4, 0.5) is 5.69 Å². The summed E-state index contributed by atoms with van der Waals surface area (Å²) in [4.78, 5) is 6.80. The first kappa shape index (κ1) is 13.4. The predicted molar refractivity (Wildman–Crippen MR) is 82.1 cm³/mol. The van der Waals surface area contributed by atoms with Crippen molar-refractivity contribution in [2.45, 2.75) is 44.8 Å². The van der Waals surface area contributed by atoms with Gasteiger partial charge in [0.15, 0.2) is 5.96 Å². The van der Waals surface area contributed by atoms with E-state index in [-0.39, 0.29) is 5.54 Å². The first-order valence-electron chi connectivity index (χ1n) is 7.44. The quantitative estimate of drug-likeness (QED) is 0.900. The van der Waals surface area contributed by atoms with Crippen LogP contribution in [0.25, 0.3) is 0 Å². The Morgan fingerprint density at radius 2 is 2.25 bits per heavy atom. The van der Waals surface area contributed by atoms with Crippen molar-refractivity contribution < 1.29 is 4.74 Å². The van der Waals surface area contributed by atoms with Crippen LogP contribution in [-0.4, -0.2) is 30.8 Å². The lowest BCUT2D eigenvalue weighted by molar-refractivity contribution is -0.0151. The number of ether oxygens (including phenoxy) is 1. The predicted octanol–water partition coefficient (Wildman–Crippen LogP) is 2.46. The standard InChI is InChI=1S/C16H23N3O/c1-3-13-10-16(8-9-20-13)11-18-15(17)19(16)14-7-5-4-6-12(14)2/h4-7,13H,3,8-11H2,1-2H3,(H2,17,18). The van der Waals surface area contributed by atoms with Crippen LogP contribution in [0.5, 0.6) is 0 Å². The van der Waals surface area contributed by atoms with Gasteiger partial charge >= 0.3 is 0 Å². The molecule has 1 saturated heterocycles.